The van der Waals surface area contributed by atoms with E-state index in [0.717, 1.165) is 21.5 Å². The summed E-state index contributed by atoms with van der Waals surface area (Å²) in [6.45, 7) is 3.34. The SMILES string of the molecule is Cc1ccc(COc2ccc(Br)cc2CNc2cccc3ccccc23)cc1. The van der Waals surface area contributed by atoms with Gasteiger partial charge in [0, 0.05) is 27.7 Å². The predicted octanol–water partition coefficient (Wildman–Crippen LogP) is 7.10. The fraction of sp³-hybridized carbons (Fsp3) is 0.120. The van der Waals surface area contributed by atoms with Crippen molar-refractivity contribution in [2.75, 3.05) is 5.32 Å². The van der Waals surface area contributed by atoms with E-state index in [1.165, 1.54) is 21.9 Å². The van der Waals surface area contributed by atoms with E-state index in [0.29, 0.717) is 13.2 Å². The molecule has 0 radical (unpaired) electrons. The van der Waals surface area contributed by atoms with E-state index in [2.05, 4.69) is 101 Å². The van der Waals surface area contributed by atoms with Gasteiger partial charge in [-0.1, -0.05) is 82.2 Å². The lowest BCUT2D eigenvalue weighted by atomic mass is 10.1. The Morgan fingerprint density at radius 3 is 2.50 bits per heavy atom. The van der Waals surface area contributed by atoms with Crippen LogP contribution in [0.1, 0.15) is 16.7 Å². The van der Waals surface area contributed by atoms with Crippen molar-refractivity contribution in [2.24, 2.45) is 0 Å². The van der Waals surface area contributed by atoms with Crippen molar-refractivity contribution in [3.05, 3.63) is 106 Å². The summed E-state index contributed by atoms with van der Waals surface area (Å²) in [5.74, 6) is 0.900. The molecular weight excluding hydrogens is 410 g/mol. The van der Waals surface area contributed by atoms with Crippen molar-refractivity contribution in [3.8, 4) is 5.75 Å². The number of hydrogen-bond acceptors (Lipinski definition) is 2. The minimum Gasteiger partial charge on any atom is -0.489 e. The molecule has 140 valence electrons. The van der Waals surface area contributed by atoms with Crippen molar-refractivity contribution in [2.45, 2.75) is 20.1 Å². The molecule has 0 bridgehead atoms. The molecule has 0 atom stereocenters. The van der Waals surface area contributed by atoms with Gasteiger partial charge in [0.05, 0.1) is 0 Å². The monoisotopic (exact) mass is 431 g/mol. The van der Waals surface area contributed by atoms with Gasteiger partial charge in [-0.25, -0.2) is 0 Å². The predicted molar refractivity (Wildman–Crippen MR) is 121 cm³/mol. The number of rotatable bonds is 6. The van der Waals surface area contributed by atoms with Crippen molar-refractivity contribution < 1.29 is 4.74 Å². The number of anilines is 1. The van der Waals surface area contributed by atoms with Crippen LogP contribution in [0.25, 0.3) is 10.8 Å². The number of halogens is 1. The maximum atomic E-state index is 6.13. The third-order valence-corrected chi connectivity index (χ3v) is 5.29. The van der Waals surface area contributed by atoms with E-state index in [1.54, 1.807) is 0 Å². The molecule has 28 heavy (non-hydrogen) atoms. The highest BCUT2D eigenvalue weighted by Gasteiger charge is 2.07. The molecule has 0 fully saturated rings. The maximum absolute atomic E-state index is 6.13. The Bertz CT molecular complexity index is 1080. The summed E-state index contributed by atoms with van der Waals surface area (Å²) < 4.78 is 7.18. The van der Waals surface area contributed by atoms with Gasteiger partial charge in [0.15, 0.2) is 0 Å². The molecule has 4 aromatic carbocycles. The molecule has 2 nitrogen and oxygen atoms in total. The topological polar surface area (TPSA) is 21.3 Å². The average Bonchev–Trinajstić information content (AvgIpc) is 2.72. The van der Waals surface area contributed by atoms with Crippen molar-refractivity contribution >= 4 is 32.4 Å². The van der Waals surface area contributed by atoms with Gasteiger partial charge in [0.2, 0.25) is 0 Å². The summed E-state index contributed by atoms with van der Waals surface area (Å²) in [5, 5.41) is 6.03. The first-order valence-electron chi connectivity index (χ1n) is 9.37. The molecule has 0 aliphatic carbocycles. The van der Waals surface area contributed by atoms with Gasteiger partial charge in [-0.05, 0) is 42.1 Å². The van der Waals surface area contributed by atoms with Crippen molar-refractivity contribution in [3.63, 3.8) is 0 Å². The normalized spacial score (nSPS) is 10.8. The Balaban J connectivity index is 1.52. The van der Waals surface area contributed by atoms with Gasteiger partial charge in [0.1, 0.15) is 12.4 Å². The van der Waals surface area contributed by atoms with Gasteiger partial charge in [-0.2, -0.15) is 0 Å². The molecule has 0 aliphatic heterocycles. The minimum atomic E-state index is 0.559. The van der Waals surface area contributed by atoms with Gasteiger partial charge >= 0.3 is 0 Å². The summed E-state index contributed by atoms with van der Waals surface area (Å²) in [6, 6.07) is 29.4. The number of benzene rings is 4. The Labute approximate surface area is 174 Å². The Hall–Kier alpha value is -2.78. The second-order valence-electron chi connectivity index (χ2n) is 6.91. The van der Waals surface area contributed by atoms with E-state index >= 15 is 0 Å². The molecule has 0 unspecified atom stereocenters. The Kier molecular flexibility index (Phi) is 5.63. The summed E-state index contributed by atoms with van der Waals surface area (Å²) >= 11 is 3.58. The van der Waals surface area contributed by atoms with Crippen molar-refractivity contribution in [1.29, 1.82) is 0 Å². The van der Waals surface area contributed by atoms with Crippen LogP contribution in [0.4, 0.5) is 5.69 Å². The molecule has 0 saturated carbocycles. The van der Waals surface area contributed by atoms with Gasteiger partial charge in [0.25, 0.3) is 0 Å². The zero-order valence-electron chi connectivity index (χ0n) is 15.8. The highest BCUT2D eigenvalue weighted by molar-refractivity contribution is 9.10. The Morgan fingerprint density at radius 1 is 0.857 bits per heavy atom. The lowest BCUT2D eigenvalue weighted by molar-refractivity contribution is 0.303. The molecule has 4 rings (SSSR count). The number of ether oxygens (including phenoxy) is 1. The number of aryl methyl sites for hydroxylation is 1. The van der Waals surface area contributed by atoms with Gasteiger partial charge in [-0.3, -0.25) is 0 Å². The van der Waals surface area contributed by atoms with Crippen LogP contribution in [0, 0.1) is 6.92 Å². The fourth-order valence-corrected chi connectivity index (χ4v) is 3.65. The zero-order valence-corrected chi connectivity index (χ0v) is 17.4. The molecule has 0 aliphatic rings. The van der Waals surface area contributed by atoms with Crippen LogP contribution in [0.15, 0.2) is 89.4 Å². The van der Waals surface area contributed by atoms with Crippen LogP contribution >= 0.6 is 15.9 Å². The summed E-state index contributed by atoms with van der Waals surface area (Å²) in [4.78, 5) is 0. The van der Waals surface area contributed by atoms with Crippen LogP contribution < -0.4 is 10.1 Å². The molecule has 1 N–H and O–H groups in total. The highest BCUT2D eigenvalue weighted by Crippen LogP contribution is 2.27. The van der Waals surface area contributed by atoms with Crippen LogP contribution in [0.3, 0.4) is 0 Å². The first-order chi connectivity index (χ1) is 13.7. The van der Waals surface area contributed by atoms with E-state index in [9.17, 15) is 0 Å². The summed E-state index contributed by atoms with van der Waals surface area (Å²) in [5.41, 5.74) is 4.67. The summed E-state index contributed by atoms with van der Waals surface area (Å²) in [7, 11) is 0. The molecule has 0 aromatic heterocycles. The van der Waals surface area contributed by atoms with Crippen LogP contribution in [0.5, 0.6) is 5.75 Å². The van der Waals surface area contributed by atoms with Crippen LogP contribution in [-0.2, 0) is 13.2 Å². The molecule has 3 heteroatoms. The fourth-order valence-electron chi connectivity index (χ4n) is 3.24. The molecule has 4 aromatic rings. The van der Waals surface area contributed by atoms with E-state index in [-0.39, 0.29) is 0 Å². The van der Waals surface area contributed by atoms with Crippen molar-refractivity contribution in [1.82, 2.24) is 0 Å². The molecular formula is C25H22BrNO. The van der Waals surface area contributed by atoms with Crippen LogP contribution in [-0.4, -0.2) is 0 Å². The van der Waals surface area contributed by atoms with Crippen LogP contribution in [0.2, 0.25) is 0 Å². The Morgan fingerprint density at radius 2 is 1.64 bits per heavy atom. The summed E-state index contributed by atoms with van der Waals surface area (Å²) in [6.07, 6.45) is 0. The second kappa shape index (κ2) is 8.49. The number of nitrogens with one attached hydrogen (secondary N) is 1. The third-order valence-electron chi connectivity index (χ3n) is 4.80. The smallest absolute Gasteiger partial charge is 0.124 e. The lowest BCUT2D eigenvalue weighted by Crippen LogP contribution is -2.04. The largest absolute Gasteiger partial charge is 0.489 e. The third kappa shape index (κ3) is 4.37. The first-order valence-corrected chi connectivity index (χ1v) is 10.2. The molecule has 0 amide bonds. The van der Waals surface area contributed by atoms with Gasteiger partial charge < -0.3 is 10.1 Å². The molecule has 0 saturated heterocycles. The highest BCUT2D eigenvalue weighted by atomic mass is 79.9. The van der Waals surface area contributed by atoms with E-state index in [4.69, 9.17) is 4.74 Å². The number of hydrogen-bond donors (Lipinski definition) is 1. The standard InChI is InChI=1S/C25H22BrNO/c1-18-9-11-19(12-10-18)17-28-25-14-13-22(26)15-21(25)16-27-24-8-4-6-20-5-2-3-7-23(20)24/h2-15,27H,16-17H2,1H3. The van der Waals surface area contributed by atoms with Gasteiger partial charge in [-0.15, -0.1) is 0 Å². The first kappa shape index (κ1) is 18.6. The minimum absolute atomic E-state index is 0.559. The quantitative estimate of drug-likeness (QED) is 0.351. The van der Waals surface area contributed by atoms with E-state index in [1.807, 2.05) is 12.1 Å². The maximum Gasteiger partial charge on any atom is 0.124 e. The second-order valence-corrected chi connectivity index (χ2v) is 7.82. The lowest BCUT2D eigenvalue weighted by Gasteiger charge is -2.15. The number of fused-ring (bicyclic) bond motifs is 1. The molecule has 0 spiro atoms. The molecule has 0 heterocycles. The average molecular weight is 432 g/mol. The zero-order chi connectivity index (χ0) is 19.3. The van der Waals surface area contributed by atoms with E-state index < -0.39 is 0 Å².